The molecule has 0 saturated carbocycles. The molecule has 0 fully saturated rings. The number of alkyl halides is 3. The first-order valence-corrected chi connectivity index (χ1v) is 8.02. The fourth-order valence-corrected chi connectivity index (χ4v) is 2.89. The molecule has 9 heteroatoms. The summed E-state index contributed by atoms with van der Waals surface area (Å²) in [5, 5.41) is 9.62. The monoisotopic (exact) mass is 403 g/mol. The number of ether oxygens (including phenoxy) is 1. The number of halogens is 5. The smallest absolute Gasteiger partial charge is 0.430 e. The number of carboxylic acid groups (broad SMARTS) is 1. The molecule has 26 heavy (non-hydrogen) atoms. The fraction of sp³-hybridized carbons (Fsp3) is 0.176. The number of hydrogen-bond acceptors (Lipinski definition) is 3. The van der Waals surface area contributed by atoms with Gasteiger partial charge in [0.2, 0.25) is 6.10 Å². The van der Waals surface area contributed by atoms with Gasteiger partial charge in [-0.25, -0.2) is 9.78 Å². The second-order valence-corrected chi connectivity index (χ2v) is 6.39. The van der Waals surface area contributed by atoms with E-state index in [4.69, 9.17) is 33.0 Å². The van der Waals surface area contributed by atoms with Crippen molar-refractivity contribution >= 4 is 35.2 Å². The van der Waals surface area contributed by atoms with Crippen molar-refractivity contribution in [2.75, 3.05) is 0 Å². The summed E-state index contributed by atoms with van der Waals surface area (Å²) < 4.78 is 44.4. The Kier molecular flexibility index (Phi) is 4.86. The van der Waals surface area contributed by atoms with E-state index in [1.807, 2.05) is 0 Å². The molecule has 1 aromatic heterocycles. The minimum Gasteiger partial charge on any atom is -0.478 e. The third-order valence-electron chi connectivity index (χ3n) is 3.74. The number of carboxylic acids is 1. The Morgan fingerprint density at radius 3 is 2.58 bits per heavy atom. The van der Waals surface area contributed by atoms with Crippen LogP contribution in [0, 0.1) is 0 Å². The SMILES string of the molecule is O=C(O)C1=Cc2cc(Cl)c(Cc3ccc(Cl)nc3)cc2OC1C(F)(F)F. The largest absolute Gasteiger partial charge is 0.478 e. The van der Waals surface area contributed by atoms with Crippen molar-refractivity contribution in [3.05, 3.63) is 62.9 Å². The van der Waals surface area contributed by atoms with Gasteiger partial charge in [0.15, 0.2) is 0 Å². The average Bonchev–Trinajstić information content (AvgIpc) is 2.55. The Labute approximate surface area is 155 Å². The van der Waals surface area contributed by atoms with Crippen LogP contribution in [-0.4, -0.2) is 28.3 Å². The zero-order valence-corrected chi connectivity index (χ0v) is 14.4. The van der Waals surface area contributed by atoms with Crippen LogP contribution < -0.4 is 4.74 Å². The number of pyridine rings is 1. The van der Waals surface area contributed by atoms with Gasteiger partial charge in [-0.05, 0) is 35.4 Å². The van der Waals surface area contributed by atoms with E-state index in [0.717, 1.165) is 11.6 Å². The van der Waals surface area contributed by atoms with Gasteiger partial charge >= 0.3 is 12.1 Å². The maximum atomic E-state index is 13.1. The summed E-state index contributed by atoms with van der Waals surface area (Å²) in [5.74, 6) is -1.79. The molecule has 0 amide bonds. The zero-order chi connectivity index (χ0) is 19.1. The molecule has 0 spiro atoms. The van der Waals surface area contributed by atoms with E-state index in [0.29, 0.717) is 17.1 Å². The normalized spacial score (nSPS) is 16.5. The van der Waals surface area contributed by atoms with Gasteiger partial charge < -0.3 is 9.84 Å². The molecule has 1 unspecified atom stereocenters. The molecular weight excluding hydrogens is 394 g/mol. The molecule has 0 bridgehead atoms. The highest BCUT2D eigenvalue weighted by atomic mass is 35.5. The van der Waals surface area contributed by atoms with Gasteiger partial charge in [-0.2, -0.15) is 13.2 Å². The zero-order valence-electron chi connectivity index (χ0n) is 12.8. The van der Waals surface area contributed by atoms with E-state index in [9.17, 15) is 18.0 Å². The van der Waals surface area contributed by atoms with E-state index < -0.39 is 23.8 Å². The Hall–Kier alpha value is -2.25. The summed E-state index contributed by atoms with van der Waals surface area (Å²) in [6, 6.07) is 6.05. The van der Waals surface area contributed by atoms with Gasteiger partial charge in [0, 0.05) is 23.2 Å². The van der Waals surface area contributed by atoms with E-state index in [2.05, 4.69) is 4.98 Å². The summed E-state index contributed by atoms with van der Waals surface area (Å²) in [4.78, 5) is 15.1. The lowest BCUT2D eigenvalue weighted by molar-refractivity contribution is -0.187. The predicted molar refractivity (Wildman–Crippen MR) is 89.6 cm³/mol. The maximum absolute atomic E-state index is 13.1. The number of aromatic nitrogens is 1. The molecule has 1 aliphatic heterocycles. The van der Waals surface area contributed by atoms with E-state index in [1.54, 1.807) is 12.1 Å². The Bertz CT molecular complexity index is 895. The minimum absolute atomic E-state index is 0.0846. The summed E-state index contributed by atoms with van der Waals surface area (Å²) in [6.45, 7) is 0. The second kappa shape index (κ2) is 6.81. The molecule has 0 radical (unpaired) electrons. The summed E-state index contributed by atoms with van der Waals surface area (Å²) in [6.07, 6.45) is -4.65. The van der Waals surface area contributed by atoms with Gasteiger partial charge in [-0.15, -0.1) is 0 Å². The van der Waals surface area contributed by atoms with Crippen LogP contribution in [0.25, 0.3) is 6.08 Å². The molecule has 136 valence electrons. The van der Waals surface area contributed by atoms with Crippen molar-refractivity contribution in [1.29, 1.82) is 0 Å². The van der Waals surface area contributed by atoms with Crippen molar-refractivity contribution in [2.45, 2.75) is 18.7 Å². The van der Waals surface area contributed by atoms with Crippen LogP contribution in [0.2, 0.25) is 10.2 Å². The molecule has 0 saturated heterocycles. The molecule has 0 aliphatic carbocycles. The summed E-state index contributed by atoms with van der Waals surface area (Å²) >= 11 is 11.9. The summed E-state index contributed by atoms with van der Waals surface area (Å²) in [7, 11) is 0. The number of benzene rings is 1. The lowest BCUT2D eigenvalue weighted by Gasteiger charge is -2.27. The van der Waals surface area contributed by atoms with E-state index in [-0.39, 0.29) is 16.3 Å². The van der Waals surface area contributed by atoms with Crippen molar-refractivity contribution < 1.29 is 27.8 Å². The number of hydrogen-bond donors (Lipinski definition) is 1. The summed E-state index contributed by atoms with van der Waals surface area (Å²) in [5.41, 5.74) is 0.547. The average molecular weight is 404 g/mol. The second-order valence-electron chi connectivity index (χ2n) is 5.59. The lowest BCUT2D eigenvalue weighted by Crippen LogP contribution is -2.40. The Morgan fingerprint density at radius 1 is 1.27 bits per heavy atom. The number of rotatable bonds is 3. The van der Waals surface area contributed by atoms with Gasteiger partial charge in [-0.1, -0.05) is 29.3 Å². The van der Waals surface area contributed by atoms with Crippen molar-refractivity contribution in [3.8, 4) is 5.75 Å². The molecular formula is C17H10Cl2F3NO3. The van der Waals surface area contributed by atoms with Crippen LogP contribution >= 0.6 is 23.2 Å². The molecule has 1 atom stereocenters. The topological polar surface area (TPSA) is 59.4 Å². The van der Waals surface area contributed by atoms with E-state index >= 15 is 0 Å². The Morgan fingerprint density at radius 2 is 2.00 bits per heavy atom. The first-order valence-electron chi connectivity index (χ1n) is 7.26. The van der Waals surface area contributed by atoms with Crippen LogP contribution in [0.1, 0.15) is 16.7 Å². The van der Waals surface area contributed by atoms with Crippen LogP contribution in [0.3, 0.4) is 0 Å². The van der Waals surface area contributed by atoms with Gasteiger partial charge in [-0.3, -0.25) is 0 Å². The molecule has 2 aromatic rings. The highest BCUT2D eigenvalue weighted by molar-refractivity contribution is 6.31. The minimum atomic E-state index is -4.86. The lowest BCUT2D eigenvalue weighted by atomic mass is 9.98. The number of nitrogens with zero attached hydrogens (tertiary/aromatic N) is 1. The fourth-order valence-electron chi connectivity index (χ4n) is 2.54. The predicted octanol–water partition coefficient (Wildman–Crippen LogP) is 4.77. The highest BCUT2D eigenvalue weighted by Crippen LogP contribution is 2.39. The third-order valence-corrected chi connectivity index (χ3v) is 4.32. The number of fused-ring (bicyclic) bond motifs is 1. The van der Waals surface area contributed by atoms with Crippen molar-refractivity contribution in [1.82, 2.24) is 4.98 Å². The van der Waals surface area contributed by atoms with Crippen LogP contribution in [0.15, 0.2) is 36.0 Å². The maximum Gasteiger partial charge on any atom is 0.430 e. The van der Waals surface area contributed by atoms with E-state index in [1.165, 1.54) is 18.3 Å². The molecule has 4 nitrogen and oxygen atoms in total. The molecule has 1 N–H and O–H groups in total. The standard InChI is InChI=1S/C17H10Cl2F3NO3/c18-12-5-10-4-11(16(24)25)15(17(20,21)22)26-13(10)6-9(12)3-8-1-2-14(19)23-7-8/h1-2,4-7,15H,3H2,(H,24,25). The number of carbonyl (C=O) groups is 1. The molecule has 2 heterocycles. The van der Waals surface area contributed by atoms with Crippen LogP contribution in [0.5, 0.6) is 5.75 Å². The van der Waals surface area contributed by atoms with Gasteiger partial charge in [0.1, 0.15) is 10.9 Å². The number of aliphatic carboxylic acids is 1. The first-order chi connectivity index (χ1) is 12.1. The van der Waals surface area contributed by atoms with Crippen LogP contribution in [0.4, 0.5) is 13.2 Å². The first kappa shape index (κ1) is 18.5. The van der Waals surface area contributed by atoms with Gasteiger partial charge in [0.25, 0.3) is 0 Å². The molecule has 3 rings (SSSR count). The molecule has 1 aliphatic rings. The van der Waals surface area contributed by atoms with Crippen molar-refractivity contribution in [3.63, 3.8) is 0 Å². The van der Waals surface area contributed by atoms with Gasteiger partial charge in [0.05, 0.1) is 5.57 Å². The van der Waals surface area contributed by atoms with Crippen molar-refractivity contribution in [2.24, 2.45) is 0 Å². The molecule has 1 aromatic carbocycles. The third kappa shape index (κ3) is 3.78. The quantitative estimate of drug-likeness (QED) is 0.749. The highest BCUT2D eigenvalue weighted by Gasteiger charge is 2.48. The van der Waals surface area contributed by atoms with Crippen LogP contribution in [-0.2, 0) is 11.2 Å². The Balaban J connectivity index is 2.00.